The normalized spacial score (nSPS) is 11.5. The molecule has 0 aliphatic heterocycles. The highest BCUT2D eigenvalue weighted by molar-refractivity contribution is 5.90. The summed E-state index contributed by atoms with van der Waals surface area (Å²) >= 11 is 0. The highest BCUT2D eigenvalue weighted by Gasteiger charge is 2.12. The van der Waals surface area contributed by atoms with E-state index in [1.165, 1.54) is 7.11 Å². The Balaban J connectivity index is 1.98. The Kier molecular flexibility index (Phi) is 6.18. The molecule has 3 aromatic carbocycles. The number of methoxy groups -OCH3 is 3. The molecule has 6 heteroatoms. The third-order valence-corrected chi connectivity index (χ3v) is 5.37. The van der Waals surface area contributed by atoms with Crippen LogP contribution in [0.5, 0.6) is 11.5 Å². The van der Waals surface area contributed by atoms with Gasteiger partial charge in [-0.2, -0.15) is 0 Å². The van der Waals surface area contributed by atoms with E-state index in [1.807, 2.05) is 50.2 Å². The maximum absolute atomic E-state index is 12.0. The van der Waals surface area contributed by atoms with E-state index < -0.39 is 5.97 Å². The van der Waals surface area contributed by atoms with Gasteiger partial charge in [0.2, 0.25) is 0 Å². The van der Waals surface area contributed by atoms with E-state index in [9.17, 15) is 4.79 Å². The van der Waals surface area contributed by atoms with Gasteiger partial charge in [0.15, 0.2) is 11.5 Å². The van der Waals surface area contributed by atoms with Crippen LogP contribution in [-0.2, 0) is 4.74 Å². The molecule has 0 atom stereocenters. The minimum atomic E-state index is -0.405. The molecule has 4 aromatic rings. The zero-order valence-corrected chi connectivity index (χ0v) is 19.3. The Bertz CT molecular complexity index is 1420. The summed E-state index contributed by atoms with van der Waals surface area (Å²) in [6.07, 6.45) is 0. The van der Waals surface area contributed by atoms with Crippen LogP contribution in [-0.4, -0.2) is 27.3 Å². The molecule has 1 aromatic heterocycles. The zero-order valence-electron chi connectivity index (χ0n) is 19.3. The van der Waals surface area contributed by atoms with Crippen LogP contribution in [0.2, 0.25) is 0 Å². The van der Waals surface area contributed by atoms with Gasteiger partial charge in [0.25, 0.3) is 0 Å². The second-order valence-electron chi connectivity index (χ2n) is 7.67. The molecule has 6 nitrogen and oxygen atoms in total. The largest absolute Gasteiger partial charge is 0.493 e. The molecule has 1 heterocycles. The van der Waals surface area contributed by atoms with Crippen molar-refractivity contribution in [3.63, 3.8) is 0 Å². The number of aryl methyl sites for hydroxylation is 2. The Morgan fingerprint density at radius 3 is 2.39 bits per heavy atom. The van der Waals surface area contributed by atoms with Gasteiger partial charge in [-0.15, -0.1) is 0 Å². The van der Waals surface area contributed by atoms with Gasteiger partial charge in [0.05, 0.1) is 37.9 Å². The van der Waals surface area contributed by atoms with Crippen LogP contribution >= 0.6 is 0 Å². The topological polar surface area (TPSA) is 70.3 Å². The van der Waals surface area contributed by atoms with Crippen molar-refractivity contribution in [3.05, 3.63) is 82.7 Å². The molecule has 0 fully saturated rings. The SMILES string of the molecule is COC(=O)c1cccc(N=c2cc(-c3ccc(OC)c(OC)c3)oc3cc(C)cc(C)c23)c1. The summed E-state index contributed by atoms with van der Waals surface area (Å²) in [6.45, 7) is 4.06. The molecule has 0 N–H and O–H groups in total. The average molecular weight is 443 g/mol. The number of nitrogens with zero attached hydrogens (tertiary/aromatic N) is 1. The Morgan fingerprint density at radius 2 is 1.67 bits per heavy atom. The smallest absolute Gasteiger partial charge is 0.337 e. The summed E-state index contributed by atoms with van der Waals surface area (Å²) in [4.78, 5) is 16.8. The van der Waals surface area contributed by atoms with Crippen molar-refractivity contribution in [2.45, 2.75) is 13.8 Å². The molecule has 0 aliphatic carbocycles. The molecule has 0 unspecified atom stereocenters. The first-order valence-electron chi connectivity index (χ1n) is 10.4. The quantitative estimate of drug-likeness (QED) is 0.367. The molecular weight excluding hydrogens is 418 g/mol. The third-order valence-electron chi connectivity index (χ3n) is 5.37. The van der Waals surface area contributed by atoms with Crippen molar-refractivity contribution < 1.29 is 23.4 Å². The number of hydrogen-bond acceptors (Lipinski definition) is 6. The fourth-order valence-electron chi connectivity index (χ4n) is 3.86. The number of fused-ring (bicyclic) bond motifs is 1. The third kappa shape index (κ3) is 4.46. The molecule has 0 bridgehead atoms. The van der Waals surface area contributed by atoms with E-state index in [1.54, 1.807) is 32.4 Å². The van der Waals surface area contributed by atoms with Crippen molar-refractivity contribution in [3.8, 4) is 22.8 Å². The van der Waals surface area contributed by atoms with Crippen molar-refractivity contribution in [1.29, 1.82) is 0 Å². The van der Waals surface area contributed by atoms with Gasteiger partial charge in [-0.25, -0.2) is 9.79 Å². The minimum Gasteiger partial charge on any atom is -0.493 e. The fourth-order valence-corrected chi connectivity index (χ4v) is 3.86. The van der Waals surface area contributed by atoms with Gasteiger partial charge in [-0.1, -0.05) is 12.1 Å². The molecule has 0 radical (unpaired) electrons. The first-order chi connectivity index (χ1) is 15.9. The van der Waals surface area contributed by atoms with E-state index >= 15 is 0 Å². The van der Waals surface area contributed by atoms with Gasteiger partial charge >= 0.3 is 5.97 Å². The number of esters is 1. The van der Waals surface area contributed by atoms with Crippen LogP contribution in [0.4, 0.5) is 5.69 Å². The summed E-state index contributed by atoms with van der Waals surface area (Å²) < 4.78 is 22.0. The van der Waals surface area contributed by atoms with E-state index in [2.05, 4.69) is 6.07 Å². The van der Waals surface area contributed by atoms with Gasteiger partial charge in [0.1, 0.15) is 11.3 Å². The Labute approximate surface area is 192 Å². The molecule has 0 spiro atoms. The lowest BCUT2D eigenvalue weighted by molar-refractivity contribution is 0.0600. The summed E-state index contributed by atoms with van der Waals surface area (Å²) in [6, 6.07) is 18.7. The monoisotopic (exact) mass is 443 g/mol. The maximum atomic E-state index is 12.0. The lowest BCUT2D eigenvalue weighted by Crippen LogP contribution is -2.06. The lowest BCUT2D eigenvalue weighted by atomic mass is 10.0. The lowest BCUT2D eigenvalue weighted by Gasteiger charge is -2.11. The van der Waals surface area contributed by atoms with E-state index in [0.717, 1.165) is 33.0 Å². The maximum Gasteiger partial charge on any atom is 0.337 e. The number of hydrogen-bond donors (Lipinski definition) is 0. The van der Waals surface area contributed by atoms with E-state index in [0.29, 0.717) is 28.5 Å². The number of rotatable bonds is 5. The average Bonchev–Trinajstić information content (AvgIpc) is 2.82. The number of benzene rings is 3. The summed E-state index contributed by atoms with van der Waals surface area (Å²) in [5.41, 5.74) is 4.78. The van der Waals surface area contributed by atoms with Crippen molar-refractivity contribution in [1.82, 2.24) is 0 Å². The van der Waals surface area contributed by atoms with E-state index in [-0.39, 0.29) is 0 Å². The van der Waals surface area contributed by atoms with Crippen molar-refractivity contribution >= 4 is 22.6 Å². The highest BCUT2D eigenvalue weighted by atomic mass is 16.5. The van der Waals surface area contributed by atoms with Crippen LogP contribution in [0.25, 0.3) is 22.3 Å². The molecule has 0 saturated carbocycles. The number of carbonyl (C=O) groups is 1. The summed E-state index contributed by atoms with van der Waals surface area (Å²) in [5.74, 6) is 1.47. The molecule has 0 amide bonds. The van der Waals surface area contributed by atoms with Gasteiger partial charge in [-0.05, 0) is 67.4 Å². The summed E-state index contributed by atoms with van der Waals surface area (Å²) in [7, 11) is 4.56. The van der Waals surface area contributed by atoms with Crippen LogP contribution in [0.15, 0.2) is 70.1 Å². The number of ether oxygens (including phenoxy) is 3. The molecule has 0 saturated heterocycles. The van der Waals surface area contributed by atoms with Gasteiger partial charge in [0, 0.05) is 17.0 Å². The second-order valence-corrected chi connectivity index (χ2v) is 7.67. The zero-order chi connectivity index (χ0) is 23.5. The van der Waals surface area contributed by atoms with Gasteiger partial charge in [-0.3, -0.25) is 0 Å². The predicted octanol–water partition coefficient (Wildman–Crippen LogP) is 5.75. The first-order valence-corrected chi connectivity index (χ1v) is 10.4. The molecule has 0 aliphatic rings. The predicted molar refractivity (Wildman–Crippen MR) is 127 cm³/mol. The van der Waals surface area contributed by atoms with E-state index in [4.69, 9.17) is 23.6 Å². The van der Waals surface area contributed by atoms with Crippen LogP contribution in [0.1, 0.15) is 21.5 Å². The molecular formula is C27H25NO5. The molecule has 4 rings (SSSR count). The Hall–Kier alpha value is -4.06. The Morgan fingerprint density at radius 1 is 0.879 bits per heavy atom. The fraction of sp³-hybridized carbons (Fsp3) is 0.185. The highest BCUT2D eigenvalue weighted by Crippen LogP contribution is 2.33. The van der Waals surface area contributed by atoms with Gasteiger partial charge < -0.3 is 18.6 Å². The minimum absolute atomic E-state index is 0.405. The van der Waals surface area contributed by atoms with Crippen molar-refractivity contribution in [2.75, 3.05) is 21.3 Å². The first kappa shape index (κ1) is 22.1. The second kappa shape index (κ2) is 9.20. The van der Waals surface area contributed by atoms with Crippen LogP contribution < -0.4 is 14.8 Å². The molecule has 33 heavy (non-hydrogen) atoms. The van der Waals surface area contributed by atoms with Crippen LogP contribution in [0, 0.1) is 13.8 Å². The van der Waals surface area contributed by atoms with Crippen LogP contribution in [0.3, 0.4) is 0 Å². The van der Waals surface area contributed by atoms with Crippen molar-refractivity contribution in [2.24, 2.45) is 4.99 Å². The standard InChI is InChI=1S/C27H25NO5/c1-16-11-17(2)26-21(28-20-8-6-7-19(13-20)27(29)32-5)15-23(33-25(26)12-16)18-9-10-22(30-3)24(14-18)31-4/h6-15H,1-5H3. The molecule has 168 valence electrons. The number of carbonyl (C=O) groups excluding carboxylic acids is 1. The summed E-state index contributed by atoms with van der Waals surface area (Å²) in [5, 5.41) is 1.65.